The number of β-amino-alcohol motifs (C(OH)–C–C–N with tert-alkyl or cyclic N) is 1. The van der Waals surface area contributed by atoms with Crippen LogP contribution in [0.3, 0.4) is 0 Å². The second-order valence-corrected chi connectivity index (χ2v) is 13.3. The summed E-state index contributed by atoms with van der Waals surface area (Å²) in [6.07, 6.45) is 1.53. The molecule has 2 aliphatic rings. The second kappa shape index (κ2) is 13.9. The van der Waals surface area contributed by atoms with Crippen LogP contribution in [0.15, 0.2) is 59.6 Å². The highest BCUT2D eigenvalue weighted by Gasteiger charge is 2.31. The predicted molar refractivity (Wildman–Crippen MR) is 173 cm³/mol. The largest absolute Gasteiger partial charge is 0.395 e. The van der Waals surface area contributed by atoms with Crippen molar-refractivity contribution in [3.63, 3.8) is 0 Å². The number of para-hydroxylation sites is 1. The molecule has 13 nitrogen and oxygen atoms in total. The maximum atomic E-state index is 12.7. The summed E-state index contributed by atoms with van der Waals surface area (Å²) in [5, 5.41) is 16.2. The Balaban J connectivity index is 0.000000277. The third-order valence-electron chi connectivity index (χ3n) is 7.01. The van der Waals surface area contributed by atoms with Crippen LogP contribution in [-0.2, 0) is 10.0 Å². The molecule has 1 fully saturated rings. The Kier molecular flexibility index (Phi) is 9.94. The number of aryl methyl sites for hydroxylation is 2. The van der Waals surface area contributed by atoms with Crippen LogP contribution >= 0.6 is 22.9 Å². The second-order valence-electron chi connectivity index (χ2n) is 10.2. The van der Waals surface area contributed by atoms with Crippen molar-refractivity contribution >= 4 is 67.2 Å². The van der Waals surface area contributed by atoms with Crippen LogP contribution in [0.2, 0.25) is 5.02 Å². The van der Waals surface area contributed by atoms with Crippen LogP contribution in [0.1, 0.15) is 31.4 Å². The number of nitrogens with one attached hydrogen (secondary N) is 3. The molecule has 4 N–H and O–H groups in total. The molecule has 0 saturated carbocycles. The van der Waals surface area contributed by atoms with E-state index in [1.165, 1.54) is 29.7 Å². The number of aromatic nitrogens is 3. The Morgan fingerprint density at radius 1 is 1.09 bits per heavy atom. The van der Waals surface area contributed by atoms with Crippen molar-refractivity contribution < 1.29 is 23.1 Å². The summed E-state index contributed by atoms with van der Waals surface area (Å²) >= 11 is 7.46. The summed E-state index contributed by atoms with van der Waals surface area (Å²) in [7, 11) is -3.55. The summed E-state index contributed by atoms with van der Waals surface area (Å²) in [5.74, 6) is 1.30. The molecular formula is C29H31ClN8O5S2. The van der Waals surface area contributed by atoms with Crippen molar-refractivity contribution in [3.05, 3.63) is 81.6 Å². The number of halogens is 1. The maximum Gasteiger partial charge on any atom is 0.267 e. The van der Waals surface area contributed by atoms with Crippen LogP contribution in [-0.4, -0.2) is 84.5 Å². The Morgan fingerprint density at radius 3 is 2.56 bits per heavy atom. The third-order valence-corrected chi connectivity index (χ3v) is 9.63. The van der Waals surface area contributed by atoms with Gasteiger partial charge < -0.3 is 20.6 Å². The number of rotatable bonds is 7. The van der Waals surface area contributed by atoms with Gasteiger partial charge in [-0.25, -0.2) is 28.1 Å². The molecule has 0 bridgehead atoms. The fourth-order valence-electron chi connectivity index (χ4n) is 4.75. The van der Waals surface area contributed by atoms with Gasteiger partial charge in [0.1, 0.15) is 27.2 Å². The quantitative estimate of drug-likeness (QED) is 0.227. The minimum atomic E-state index is -3.55. The van der Waals surface area contributed by atoms with Crippen molar-refractivity contribution in [3.8, 4) is 0 Å². The molecule has 16 heteroatoms. The SMILES string of the molecule is Cc1nc(Nc2ncc(C(=O)Nc3c(C)cccc3Cl)s2)cc(N2CCN(CCO)CC2)n1.O=C1NS(=O)(=O)c2ccccc21. The number of sulfonamides is 1. The number of anilines is 4. The van der Waals surface area contributed by atoms with Crippen LogP contribution in [0, 0.1) is 13.8 Å². The smallest absolute Gasteiger partial charge is 0.267 e. The molecule has 1 saturated heterocycles. The van der Waals surface area contributed by atoms with Crippen molar-refractivity contribution in [1.82, 2.24) is 24.6 Å². The molecule has 45 heavy (non-hydrogen) atoms. The lowest BCUT2D eigenvalue weighted by Crippen LogP contribution is -2.47. The molecule has 0 spiro atoms. The number of hydrogen-bond donors (Lipinski definition) is 4. The van der Waals surface area contributed by atoms with Gasteiger partial charge in [-0.1, -0.05) is 47.2 Å². The molecular weight excluding hydrogens is 640 g/mol. The normalized spacial score (nSPS) is 15.5. The number of fused-ring (bicyclic) bond motifs is 1. The van der Waals surface area contributed by atoms with Gasteiger partial charge >= 0.3 is 0 Å². The van der Waals surface area contributed by atoms with Gasteiger partial charge in [-0.3, -0.25) is 14.5 Å². The fourth-order valence-corrected chi connectivity index (χ4v) is 6.91. The molecule has 0 atom stereocenters. The number of nitrogens with zero attached hydrogens (tertiary/aromatic N) is 5. The number of aliphatic hydroxyl groups excluding tert-OH is 1. The van der Waals surface area contributed by atoms with E-state index in [2.05, 4.69) is 35.4 Å². The average molecular weight is 671 g/mol. The number of aliphatic hydroxyl groups is 1. The first-order chi connectivity index (χ1) is 21.5. The molecule has 4 aromatic rings. The molecule has 2 amide bonds. The Hall–Kier alpha value is -4.15. The summed E-state index contributed by atoms with van der Waals surface area (Å²) in [6.45, 7) is 8.03. The summed E-state index contributed by atoms with van der Waals surface area (Å²) in [4.78, 5) is 42.0. The number of benzene rings is 2. The highest BCUT2D eigenvalue weighted by molar-refractivity contribution is 7.90. The van der Waals surface area contributed by atoms with Gasteiger partial charge in [-0.2, -0.15) is 0 Å². The third kappa shape index (κ3) is 7.75. The van der Waals surface area contributed by atoms with E-state index >= 15 is 0 Å². The molecule has 236 valence electrons. The van der Waals surface area contributed by atoms with Gasteiger partial charge in [0.05, 0.1) is 29.1 Å². The molecule has 2 aromatic carbocycles. The van der Waals surface area contributed by atoms with Gasteiger partial charge in [-0.15, -0.1) is 0 Å². The van der Waals surface area contributed by atoms with E-state index in [-0.39, 0.29) is 23.0 Å². The lowest BCUT2D eigenvalue weighted by molar-refractivity contribution is 0.0983. The minimum absolute atomic E-state index is 0.0648. The molecule has 0 aliphatic carbocycles. The zero-order valence-corrected chi connectivity index (χ0v) is 26.8. The van der Waals surface area contributed by atoms with Crippen LogP contribution in [0.4, 0.5) is 22.5 Å². The number of hydrogen-bond acceptors (Lipinski definition) is 12. The number of piperazine rings is 1. The molecule has 6 rings (SSSR count). The number of carbonyl (C=O) groups excluding carboxylic acids is 2. The Morgan fingerprint density at radius 2 is 1.84 bits per heavy atom. The molecule has 2 aromatic heterocycles. The minimum Gasteiger partial charge on any atom is -0.395 e. The van der Waals surface area contributed by atoms with Crippen LogP contribution in [0.5, 0.6) is 0 Å². The lowest BCUT2D eigenvalue weighted by atomic mass is 10.2. The van der Waals surface area contributed by atoms with Gasteiger partial charge in [-0.05, 0) is 37.6 Å². The maximum absolute atomic E-state index is 12.7. The molecule has 0 unspecified atom stereocenters. The highest BCUT2D eigenvalue weighted by atomic mass is 35.5. The van der Waals surface area contributed by atoms with Crippen molar-refractivity contribution in [2.75, 3.05) is 54.9 Å². The summed E-state index contributed by atoms with van der Waals surface area (Å²) in [5.41, 5.74) is 1.71. The Labute approximate surface area is 269 Å². The first-order valence-electron chi connectivity index (χ1n) is 13.9. The van der Waals surface area contributed by atoms with E-state index in [0.29, 0.717) is 38.9 Å². The van der Waals surface area contributed by atoms with E-state index in [0.717, 1.165) is 37.6 Å². The molecule has 4 heterocycles. The summed E-state index contributed by atoms with van der Waals surface area (Å²) < 4.78 is 24.2. The standard InChI is InChI=1S/C22H26ClN7O2S.C7H5NO3S/c1-14-4-3-5-16(23)20(14)28-21(32)17-13-24-22(33-17)27-18-12-19(26-15(2)25-18)30-8-6-29(7-9-30)10-11-31;9-7-5-3-1-2-4-6(5)12(10,11)8-7/h3-5,12-13,31H,6-11H2,1-2H3,(H,28,32)(H,24,25,26,27);1-4H,(H,8,9). The highest BCUT2D eigenvalue weighted by Crippen LogP contribution is 2.28. The first kappa shape index (κ1) is 32.2. The Bertz CT molecular complexity index is 1810. The fraction of sp³-hybridized carbons (Fsp3) is 0.276. The van der Waals surface area contributed by atoms with E-state index < -0.39 is 15.9 Å². The topological polar surface area (TPSA) is 170 Å². The number of thiazole rings is 1. The predicted octanol–water partition coefficient (Wildman–Crippen LogP) is 3.43. The summed E-state index contributed by atoms with van der Waals surface area (Å²) in [6, 6.07) is 13.5. The van der Waals surface area contributed by atoms with Gasteiger partial charge in [0.15, 0.2) is 5.13 Å². The van der Waals surface area contributed by atoms with E-state index in [9.17, 15) is 18.0 Å². The van der Waals surface area contributed by atoms with Crippen molar-refractivity contribution in [2.24, 2.45) is 0 Å². The monoisotopic (exact) mass is 670 g/mol. The lowest BCUT2D eigenvalue weighted by Gasteiger charge is -2.35. The molecule has 0 radical (unpaired) electrons. The number of carbonyl (C=O) groups is 2. The molecule has 2 aliphatic heterocycles. The zero-order chi connectivity index (χ0) is 32.1. The van der Waals surface area contributed by atoms with Crippen molar-refractivity contribution in [2.45, 2.75) is 18.7 Å². The number of amides is 2. The van der Waals surface area contributed by atoms with Gasteiger partial charge in [0.2, 0.25) is 0 Å². The van der Waals surface area contributed by atoms with Gasteiger partial charge in [0, 0.05) is 38.8 Å². The van der Waals surface area contributed by atoms with E-state index in [4.69, 9.17) is 16.7 Å². The average Bonchev–Trinajstić information content (AvgIpc) is 3.57. The van der Waals surface area contributed by atoms with Crippen LogP contribution < -0.4 is 20.3 Å². The van der Waals surface area contributed by atoms with Crippen LogP contribution in [0.25, 0.3) is 0 Å². The first-order valence-corrected chi connectivity index (χ1v) is 16.6. The van der Waals surface area contributed by atoms with E-state index in [1.54, 1.807) is 18.2 Å². The van der Waals surface area contributed by atoms with Crippen molar-refractivity contribution in [1.29, 1.82) is 0 Å². The zero-order valence-electron chi connectivity index (χ0n) is 24.4. The van der Waals surface area contributed by atoms with E-state index in [1.807, 2.05) is 36.8 Å². The van der Waals surface area contributed by atoms with Gasteiger partial charge in [0.25, 0.3) is 21.8 Å².